The van der Waals surface area contributed by atoms with Gasteiger partial charge in [-0.05, 0) is 5.56 Å². The second kappa shape index (κ2) is 6.25. The van der Waals surface area contributed by atoms with Gasteiger partial charge < -0.3 is 15.2 Å². The van der Waals surface area contributed by atoms with Crippen LogP contribution in [0.4, 0.5) is 18.0 Å². The molecule has 1 atom stereocenters. The Bertz CT molecular complexity index is 434. The molecule has 1 aromatic carbocycles. The molecule has 1 amide bonds. The van der Waals surface area contributed by atoms with Gasteiger partial charge in [0, 0.05) is 0 Å². The van der Waals surface area contributed by atoms with Crippen LogP contribution in [-0.4, -0.2) is 30.0 Å². The van der Waals surface area contributed by atoms with Gasteiger partial charge in [0.05, 0.1) is 9.30 Å². The highest BCUT2D eigenvalue weighted by Gasteiger charge is 2.40. The van der Waals surface area contributed by atoms with Crippen LogP contribution in [-0.2, 0) is 11.3 Å². The van der Waals surface area contributed by atoms with Crippen molar-refractivity contribution in [2.75, 3.05) is 6.56 Å². The maximum atomic E-state index is 12.5. The zero-order chi connectivity index (χ0) is 15.4. The number of halogens is 3. The number of hydrogen-bond acceptors (Lipinski definition) is 3. The van der Waals surface area contributed by atoms with Crippen molar-refractivity contribution in [2.24, 2.45) is 0 Å². The number of carbonyl (C=O) groups is 1. The maximum absolute atomic E-state index is 12.5. The van der Waals surface area contributed by atoms with Gasteiger partial charge in [-0.2, -0.15) is 13.2 Å². The minimum absolute atomic E-state index is 0.272. The van der Waals surface area contributed by atoms with E-state index in [9.17, 15) is 18.0 Å². The molecule has 2 N–H and O–H groups in total. The lowest BCUT2D eigenvalue weighted by Gasteiger charge is -2.18. The average molecular weight is 265 g/mol. The zero-order valence-electron chi connectivity index (χ0n) is 11.1. The van der Waals surface area contributed by atoms with Gasteiger partial charge in [-0.1, -0.05) is 30.3 Å². The van der Waals surface area contributed by atoms with E-state index < -0.39 is 24.9 Å². The van der Waals surface area contributed by atoms with Crippen LogP contribution in [0.1, 0.15) is 8.30 Å². The molecular formula is C11H12F3NO3. The predicted molar refractivity (Wildman–Crippen MR) is 56.7 cm³/mol. The molecule has 0 spiro atoms. The molecule has 7 heteroatoms. The van der Waals surface area contributed by atoms with Gasteiger partial charge in [0.25, 0.3) is 0 Å². The van der Waals surface area contributed by atoms with Crippen LogP contribution < -0.4 is 5.32 Å². The SMILES string of the molecule is [2H]C([2H])(O)[C@H](NC(=O)OCc1ccccc1)C(F)(F)F. The standard InChI is InChI=1S/C11H12F3NO3/c12-11(13,14)9(6-16)15-10(17)18-7-8-4-2-1-3-5-8/h1-5,9,16H,6-7H2,(H,15,17)/t9-/m0/s1/i6D2. The summed E-state index contributed by atoms with van der Waals surface area (Å²) < 4.78 is 55.3. The summed E-state index contributed by atoms with van der Waals surface area (Å²) in [5.41, 5.74) is 0.554. The Balaban J connectivity index is 2.59. The number of ether oxygens (including phenoxy) is 1. The zero-order valence-corrected chi connectivity index (χ0v) is 9.07. The number of alkyl carbamates (subject to hydrolysis) is 1. The first-order chi connectivity index (χ1) is 9.10. The summed E-state index contributed by atoms with van der Waals surface area (Å²) >= 11 is 0. The molecule has 0 aliphatic rings. The Labute approximate surface area is 104 Å². The lowest BCUT2D eigenvalue weighted by Crippen LogP contribution is -2.47. The monoisotopic (exact) mass is 265 g/mol. The summed E-state index contributed by atoms with van der Waals surface area (Å²) in [6.07, 6.45) is -6.63. The van der Waals surface area contributed by atoms with Crippen molar-refractivity contribution in [2.45, 2.75) is 18.8 Å². The van der Waals surface area contributed by atoms with Crippen molar-refractivity contribution in [1.29, 1.82) is 0 Å². The van der Waals surface area contributed by atoms with Crippen LogP contribution in [0, 0.1) is 0 Å². The van der Waals surface area contributed by atoms with E-state index in [4.69, 9.17) is 7.85 Å². The Kier molecular flexibility index (Phi) is 3.94. The van der Waals surface area contributed by atoms with E-state index in [1.807, 2.05) is 0 Å². The highest BCUT2D eigenvalue weighted by Crippen LogP contribution is 2.19. The van der Waals surface area contributed by atoms with Crippen molar-refractivity contribution in [3.8, 4) is 0 Å². The minimum atomic E-state index is -5.15. The maximum Gasteiger partial charge on any atom is 0.410 e. The van der Waals surface area contributed by atoms with E-state index in [-0.39, 0.29) is 6.61 Å². The van der Waals surface area contributed by atoms with E-state index >= 15 is 0 Å². The topological polar surface area (TPSA) is 58.6 Å². The second-order valence-corrected chi connectivity index (χ2v) is 3.31. The van der Waals surface area contributed by atoms with Gasteiger partial charge in [0.1, 0.15) is 6.61 Å². The molecule has 0 radical (unpaired) electrons. The highest BCUT2D eigenvalue weighted by molar-refractivity contribution is 5.67. The molecule has 0 saturated heterocycles. The number of benzene rings is 1. The fraction of sp³-hybridized carbons (Fsp3) is 0.364. The average Bonchev–Trinajstić information content (AvgIpc) is 2.32. The van der Waals surface area contributed by atoms with Crippen molar-refractivity contribution >= 4 is 6.09 Å². The van der Waals surface area contributed by atoms with Crippen molar-refractivity contribution in [1.82, 2.24) is 5.32 Å². The van der Waals surface area contributed by atoms with Gasteiger partial charge in [0.15, 0.2) is 6.04 Å². The summed E-state index contributed by atoms with van der Waals surface area (Å²) in [5, 5.41) is 10.0. The molecule has 18 heavy (non-hydrogen) atoms. The Hall–Kier alpha value is -1.76. The van der Waals surface area contributed by atoms with Gasteiger partial charge >= 0.3 is 12.3 Å². The van der Waals surface area contributed by atoms with Crippen LogP contribution in [0.15, 0.2) is 30.3 Å². The molecule has 4 nitrogen and oxygen atoms in total. The molecule has 1 rings (SSSR count). The third kappa shape index (κ3) is 4.62. The molecule has 1 aromatic rings. The van der Waals surface area contributed by atoms with Crippen molar-refractivity contribution < 1.29 is 30.6 Å². The van der Waals surface area contributed by atoms with E-state index in [1.54, 1.807) is 30.3 Å². The van der Waals surface area contributed by atoms with Gasteiger partial charge in [0.2, 0.25) is 0 Å². The van der Waals surface area contributed by atoms with Gasteiger partial charge in [-0.3, -0.25) is 0 Å². The molecule has 0 aliphatic carbocycles. The summed E-state index contributed by atoms with van der Waals surface area (Å²) in [4.78, 5) is 11.2. The highest BCUT2D eigenvalue weighted by atomic mass is 19.4. The van der Waals surface area contributed by atoms with Gasteiger partial charge in [-0.15, -0.1) is 0 Å². The van der Waals surface area contributed by atoms with E-state index in [2.05, 4.69) is 4.74 Å². The lowest BCUT2D eigenvalue weighted by atomic mass is 10.2. The Morgan fingerprint density at radius 2 is 2.06 bits per heavy atom. The molecule has 0 aromatic heterocycles. The van der Waals surface area contributed by atoms with Crippen LogP contribution in [0.25, 0.3) is 0 Å². The first kappa shape index (κ1) is 11.3. The molecule has 0 heterocycles. The van der Waals surface area contributed by atoms with Crippen molar-refractivity contribution in [3.63, 3.8) is 0 Å². The van der Waals surface area contributed by atoms with E-state index in [1.165, 1.54) is 5.32 Å². The fourth-order valence-electron chi connectivity index (χ4n) is 1.07. The Morgan fingerprint density at radius 3 is 2.56 bits per heavy atom. The summed E-state index contributed by atoms with van der Waals surface area (Å²) in [6.45, 7) is -3.92. The van der Waals surface area contributed by atoms with E-state index in [0.29, 0.717) is 5.56 Å². The molecule has 0 aliphatic heterocycles. The first-order valence-corrected chi connectivity index (χ1v) is 4.87. The number of amides is 1. The van der Waals surface area contributed by atoms with Crippen LogP contribution in [0.5, 0.6) is 0 Å². The molecular weight excluding hydrogens is 251 g/mol. The van der Waals surface area contributed by atoms with Crippen LogP contribution >= 0.6 is 0 Å². The number of carbonyl (C=O) groups excluding carboxylic acids is 1. The fourth-order valence-corrected chi connectivity index (χ4v) is 1.07. The third-order valence-corrected chi connectivity index (χ3v) is 1.93. The molecule has 0 fully saturated rings. The summed E-state index contributed by atoms with van der Waals surface area (Å²) in [5.74, 6) is 0. The number of alkyl halides is 3. The minimum Gasteiger partial charge on any atom is -0.445 e. The summed E-state index contributed by atoms with van der Waals surface area (Å²) in [6, 6.07) is 5.14. The number of rotatable bonds is 4. The predicted octanol–water partition coefficient (Wildman–Crippen LogP) is 1.84. The molecule has 0 unspecified atom stereocenters. The molecule has 0 bridgehead atoms. The van der Waals surface area contributed by atoms with Crippen LogP contribution in [0.2, 0.25) is 0 Å². The second-order valence-electron chi connectivity index (χ2n) is 3.31. The normalized spacial score (nSPS) is 15.3. The molecule has 0 saturated carbocycles. The summed E-state index contributed by atoms with van der Waals surface area (Å²) in [7, 11) is 0. The number of nitrogens with one attached hydrogen (secondary N) is 1. The van der Waals surface area contributed by atoms with E-state index in [0.717, 1.165) is 0 Å². The number of aliphatic hydroxyl groups is 1. The lowest BCUT2D eigenvalue weighted by molar-refractivity contribution is -0.162. The Morgan fingerprint density at radius 1 is 1.44 bits per heavy atom. The third-order valence-electron chi connectivity index (χ3n) is 1.93. The number of hydrogen-bond donors (Lipinski definition) is 2. The first-order valence-electron chi connectivity index (χ1n) is 5.87. The smallest absolute Gasteiger partial charge is 0.410 e. The van der Waals surface area contributed by atoms with Gasteiger partial charge in [-0.25, -0.2) is 4.79 Å². The molecule has 100 valence electrons. The largest absolute Gasteiger partial charge is 0.445 e. The van der Waals surface area contributed by atoms with Crippen molar-refractivity contribution in [3.05, 3.63) is 35.9 Å². The quantitative estimate of drug-likeness (QED) is 0.873. The van der Waals surface area contributed by atoms with Crippen LogP contribution in [0.3, 0.4) is 0 Å².